The number of hydrogen-bond donors (Lipinski definition) is 1. The minimum atomic E-state index is 0. The van der Waals surface area contributed by atoms with E-state index in [-0.39, 0.29) is 17.8 Å². The Morgan fingerprint density at radius 3 is 2.57 bits per heavy atom. The Hall–Kier alpha value is -0.330. The summed E-state index contributed by atoms with van der Waals surface area (Å²) in [5.41, 5.74) is 8.68. The van der Waals surface area contributed by atoms with Gasteiger partial charge in [0.15, 0.2) is 0 Å². The van der Waals surface area contributed by atoms with Gasteiger partial charge in [-0.2, -0.15) is 0 Å². The summed E-state index contributed by atoms with van der Waals surface area (Å²) >= 11 is 3.60. The smallest absolute Gasteiger partial charge is 0.0642 e. The van der Waals surface area contributed by atoms with E-state index >= 15 is 0 Å². The third-order valence-corrected chi connectivity index (χ3v) is 4.58. The Balaban J connectivity index is 0.00000264. The maximum absolute atomic E-state index is 5.86. The van der Waals surface area contributed by atoms with Gasteiger partial charge in [-0.3, -0.25) is 0 Å². The number of morpholine rings is 1. The van der Waals surface area contributed by atoms with Gasteiger partial charge in [-0.05, 0) is 36.7 Å². The maximum atomic E-state index is 5.86. The molecule has 0 bridgehead atoms. The predicted octanol–water partition coefficient (Wildman–Crippen LogP) is 3.12. The van der Waals surface area contributed by atoms with Gasteiger partial charge in [0.1, 0.15) is 0 Å². The van der Waals surface area contributed by atoms with Crippen molar-refractivity contribution in [3.05, 3.63) is 28.2 Å². The lowest BCUT2D eigenvalue weighted by Crippen LogP contribution is -2.38. The van der Waals surface area contributed by atoms with E-state index in [4.69, 9.17) is 10.5 Å². The summed E-state index contributed by atoms with van der Waals surface area (Å²) in [6.45, 7) is 10.6. The quantitative estimate of drug-likeness (QED) is 0.788. The number of nitrogens with zero attached hydrogens (tertiary/aromatic N) is 2. The van der Waals surface area contributed by atoms with Crippen LogP contribution >= 0.6 is 28.3 Å². The third kappa shape index (κ3) is 6.24. The molecular weight excluding hydrogens is 378 g/mol. The van der Waals surface area contributed by atoms with Gasteiger partial charge in [0.05, 0.1) is 13.2 Å². The molecule has 0 unspecified atom stereocenters. The van der Waals surface area contributed by atoms with Crippen molar-refractivity contribution in [1.82, 2.24) is 4.90 Å². The van der Waals surface area contributed by atoms with E-state index in [1.54, 1.807) is 0 Å². The molecule has 1 fully saturated rings. The zero-order valence-corrected chi connectivity index (χ0v) is 16.8. The van der Waals surface area contributed by atoms with Crippen molar-refractivity contribution in [2.24, 2.45) is 11.1 Å². The van der Waals surface area contributed by atoms with Crippen LogP contribution in [0.5, 0.6) is 0 Å². The molecule has 0 aromatic heterocycles. The molecule has 1 aliphatic rings. The fourth-order valence-corrected chi connectivity index (χ4v) is 3.26. The lowest BCUT2D eigenvalue weighted by molar-refractivity contribution is 0.122. The fourth-order valence-electron chi connectivity index (χ4n) is 2.91. The number of halogens is 2. The zero-order chi connectivity index (χ0) is 16.2. The summed E-state index contributed by atoms with van der Waals surface area (Å²) in [6, 6.07) is 6.57. The van der Waals surface area contributed by atoms with E-state index in [0.29, 0.717) is 6.54 Å². The lowest BCUT2D eigenvalue weighted by Gasteiger charge is -2.33. The molecule has 6 heteroatoms. The fraction of sp³-hybridized carbons (Fsp3) is 0.647. The highest BCUT2D eigenvalue weighted by atomic mass is 79.9. The second kappa shape index (κ2) is 9.23. The lowest BCUT2D eigenvalue weighted by atomic mass is 9.93. The van der Waals surface area contributed by atoms with Crippen LogP contribution in [0.3, 0.4) is 0 Å². The SMILES string of the molecule is CN(Cc1ccc(Br)cc1N1CCOCC1)CC(C)(C)CN.Cl. The van der Waals surface area contributed by atoms with E-state index in [1.807, 2.05) is 0 Å². The van der Waals surface area contributed by atoms with Crippen molar-refractivity contribution >= 4 is 34.0 Å². The van der Waals surface area contributed by atoms with Crippen LogP contribution in [-0.2, 0) is 11.3 Å². The highest BCUT2D eigenvalue weighted by Gasteiger charge is 2.20. The second-order valence-corrected chi connectivity index (χ2v) is 7.83. The van der Waals surface area contributed by atoms with Crippen LogP contribution in [0.4, 0.5) is 5.69 Å². The largest absolute Gasteiger partial charge is 0.378 e. The number of nitrogens with two attached hydrogens (primary N) is 1. The molecule has 1 aliphatic heterocycles. The van der Waals surface area contributed by atoms with Gasteiger partial charge in [0.2, 0.25) is 0 Å². The Labute approximate surface area is 154 Å². The molecule has 132 valence electrons. The molecule has 1 heterocycles. The molecule has 0 spiro atoms. The average Bonchev–Trinajstić information content (AvgIpc) is 2.49. The van der Waals surface area contributed by atoms with Gasteiger partial charge in [-0.15, -0.1) is 12.4 Å². The topological polar surface area (TPSA) is 41.7 Å². The third-order valence-electron chi connectivity index (χ3n) is 4.09. The molecule has 0 aliphatic carbocycles. The number of hydrogen-bond acceptors (Lipinski definition) is 4. The minimum Gasteiger partial charge on any atom is -0.378 e. The minimum absolute atomic E-state index is 0. The highest BCUT2D eigenvalue weighted by molar-refractivity contribution is 9.10. The predicted molar refractivity (Wildman–Crippen MR) is 104 cm³/mol. The van der Waals surface area contributed by atoms with Crippen LogP contribution in [0.15, 0.2) is 22.7 Å². The zero-order valence-electron chi connectivity index (χ0n) is 14.3. The summed E-state index contributed by atoms with van der Waals surface area (Å²) in [6.07, 6.45) is 0. The van der Waals surface area contributed by atoms with Crippen LogP contribution in [0.1, 0.15) is 19.4 Å². The number of anilines is 1. The Morgan fingerprint density at radius 1 is 1.30 bits per heavy atom. The summed E-state index contributed by atoms with van der Waals surface area (Å²) in [7, 11) is 2.17. The monoisotopic (exact) mass is 405 g/mol. The summed E-state index contributed by atoms with van der Waals surface area (Å²) in [4.78, 5) is 4.78. The average molecular weight is 407 g/mol. The molecule has 0 atom stereocenters. The van der Waals surface area contributed by atoms with Crippen molar-refractivity contribution < 1.29 is 4.74 Å². The van der Waals surface area contributed by atoms with E-state index in [1.165, 1.54) is 11.3 Å². The van der Waals surface area contributed by atoms with Crippen LogP contribution in [0, 0.1) is 5.41 Å². The van der Waals surface area contributed by atoms with Gasteiger partial charge in [0, 0.05) is 36.3 Å². The summed E-state index contributed by atoms with van der Waals surface area (Å²) < 4.78 is 6.60. The van der Waals surface area contributed by atoms with E-state index in [2.05, 4.69) is 64.8 Å². The second-order valence-electron chi connectivity index (χ2n) is 6.91. The van der Waals surface area contributed by atoms with Gasteiger partial charge in [0.25, 0.3) is 0 Å². The first-order valence-electron chi connectivity index (χ1n) is 7.91. The molecule has 2 N–H and O–H groups in total. The van der Waals surface area contributed by atoms with E-state index in [0.717, 1.165) is 43.9 Å². The first-order chi connectivity index (χ1) is 10.4. The molecule has 0 amide bonds. The summed E-state index contributed by atoms with van der Waals surface area (Å²) in [5.74, 6) is 0. The van der Waals surface area contributed by atoms with E-state index in [9.17, 15) is 0 Å². The molecule has 1 aromatic rings. The first kappa shape index (κ1) is 20.7. The molecule has 2 rings (SSSR count). The van der Waals surface area contributed by atoms with Gasteiger partial charge < -0.3 is 20.3 Å². The molecule has 0 radical (unpaired) electrons. The number of rotatable bonds is 6. The Bertz CT molecular complexity index is 493. The molecular formula is C17H29BrClN3O. The molecule has 1 aromatic carbocycles. The summed E-state index contributed by atoms with van der Waals surface area (Å²) in [5, 5.41) is 0. The van der Waals surface area contributed by atoms with Crippen molar-refractivity contribution in [3.8, 4) is 0 Å². The molecule has 4 nitrogen and oxygen atoms in total. The maximum Gasteiger partial charge on any atom is 0.0642 e. The van der Waals surface area contributed by atoms with Crippen LogP contribution in [-0.4, -0.2) is 51.3 Å². The molecule has 23 heavy (non-hydrogen) atoms. The Kier molecular flexibility index (Phi) is 8.31. The molecule has 1 saturated heterocycles. The van der Waals surface area contributed by atoms with Gasteiger partial charge in [-0.25, -0.2) is 0 Å². The first-order valence-corrected chi connectivity index (χ1v) is 8.70. The van der Waals surface area contributed by atoms with Crippen molar-refractivity contribution in [2.45, 2.75) is 20.4 Å². The highest BCUT2D eigenvalue weighted by Crippen LogP contribution is 2.27. The van der Waals surface area contributed by atoms with Crippen LogP contribution < -0.4 is 10.6 Å². The van der Waals surface area contributed by atoms with Crippen LogP contribution in [0.25, 0.3) is 0 Å². The van der Waals surface area contributed by atoms with Crippen LogP contribution in [0.2, 0.25) is 0 Å². The number of ether oxygens (including phenoxy) is 1. The Morgan fingerprint density at radius 2 is 1.96 bits per heavy atom. The van der Waals surface area contributed by atoms with Crippen molar-refractivity contribution in [1.29, 1.82) is 0 Å². The van der Waals surface area contributed by atoms with E-state index < -0.39 is 0 Å². The van der Waals surface area contributed by atoms with Gasteiger partial charge >= 0.3 is 0 Å². The standard InChI is InChI=1S/C17H28BrN3O.ClH/c1-17(2,12-19)13-20(3)11-14-4-5-15(18)10-16(14)21-6-8-22-9-7-21;/h4-5,10H,6-9,11-13,19H2,1-3H3;1H. The molecule has 0 saturated carbocycles. The van der Waals surface area contributed by atoms with Gasteiger partial charge in [-0.1, -0.05) is 35.8 Å². The van der Waals surface area contributed by atoms with Crippen molar-refractivity contribution in [2.75, 3.05) is 51.3 Å². The van der Waals surface area contributed by atoms with Crippen molar-refractivity contribution in [3.63, 3.8) is 0 Å². The number of benzene rings is 1. The normalized spacial score (nSPS) is 15.7.